The molecule has 0 radical (unpaired) electrons. The fourth-order valence-corrected chi connectivity index (χ4v) is 1.78. The highest BCUT2D eigenvalue weighted by molar-refractivity contribution is 7.80. The van der Waals surface area contributed by atoms with Gasteiger partial charge >= 0.3 is 0 Å². The second-order valence-corrected chi connectivity index (χ2v) is 4.86. The molecule has 0 rings (SSSR count). The van der Waals surface area contributed by atoms with Gasteiger partial charge in [0, 0.05) is 6.42 Å². The molecule has 96 valence electrons. The van der Waals surface area contributed by atoms with Gasteiger partial charge in [-0.05, 0) is 18.6 Å². The minimum atomic E-state index is 0.763. The highest BCUT2D eigenvalue weighted by Gasteiger charge is 1.94. The SMILES string of the molecule is CCCCCCCCCCCOC(=S)CC. The zero-order chi connectivity index (χ0) is 12.1. The van der Waals surface area contributed by atoms with Gasteiger partial charge in [-0.25, -0.2) is 0 Å². The van der Waals surface area contributed by atoms with Crippen molar-refractivity contribution in [1.29, 1.82) is 0 Å². The van der Waals surface area contributed by atoms with Crippen molar-refractivity contribution in [3.05, 3.63) is 0 Å². The number of thiocarbonyl (C=S) groups is 1. The molecule has 16 heavy (non-hydrogen) atoms. The summed E-state index contributed by atoms with van der Waals surface area (Å²) < 4.78 is 5.38. The molecule has 0 atom stereocenters. The first-order valence-corrected chi connectivity index (χ1v) is 7.37. The third-order valence-corrected chi connectivity index (χ3v) is 3.21. The summed E-state index contributed by atoms with van der Waals surface area (Å²) >= 11 is 4.99. The molecule has 1 nitrogen and oxygen atoms in total. The first kappa shape index (κ1) is 15.9. The summed E-state index contributed by atoms with van der Waals surface area (Å²) in [7, 11) is 0. The van der Waals surface area contributed by atoms with E-state index in [-0.39, 0.29) is 0 Å². The van der Waals surface area contributed by atoms with E-state index >= 15 is 0 Å². The van der Waals surface area contributed by atoms with Crippen LogP contribution in [-0.2, 0) is 4.74 Å². The Morgan fingerprint density at radius 1 is 0.812 bits per heavy atom. The van der Waals surface area contributed by atoms with Crippen molar-refractivity contribution < 1.29 is 4.74 Å². The Kier molecular flexibility index (Phi) is 12.9. The molecule has 0 bridgehead atoms. The van der Waals surface area contributed by atoms with Crippen LogP contribution in [0.4, 0.5) is 0 Å². The number of rotatable bonds is 11. The Hall–Kier alpha value is -0.110. The zero-order valence-corrected chi connectivity index (χ0v) is 11.9. The van der Waals surface area contributed by atoms with Crippen molar-refractivity contribution in [3.63, 3.8) is 0 Å². The lowest BCUT2D eigenvalue weighted by Gasteiger charge is -2.05. The standard InChI is InChI=1S/C14H28OS/c1-3-5-6-7-8-9-10-11-12-13-15-14(16)4-2/h3-13H2,1-2H3. The maximum absolute atomic E-state index is 5.38. The number of hydrogen-bond donors (Lipinski definition) is 0. The van der Waals surface area contributed by atoms with Crippen molar-refractivity contribution in [3.8, 4) is 0 Å². The molecule has 0 heterocycles. The molecule has 0 aliphatic carbocycles. The summed E-state index contributed by atoms with van der Waals surface area (Å²) in [5, 5.41) is 0.763. The Morgan fingerprint density at radius 2 is 1.31 bits per heavy atom. The smallest absolute Gasteiger partial charge is 0.159 e. The highest BCUT2D eigenvalue weighted by Crippen LogP contribution is 2.09. The maximum Gasteiger partial charge on any atom is 0.159 e. The van der Waals surface area contributed by atoms with Crippen LogP contribution in [0.3, 0.4) is 0 Å². The fourth-order valence-electron chi connectivity index (χ4n) is 1.70. The van der Waals surface area contributed by atoms with Crippen molar-refractivity contribution in [2.75, 3.05) is 6.61 Å². The largest absolute Gasteiger partial charge is 0.487 e. The van der Waals surface area contributed by atoms with Crippen LogP contribution in [0.1, 0.15) is 78.1 Å². The summed E-state index contributed by atoms with van der Waals surface area (Å²) in [6, 6.07) is 0. The van der Waals surface area contributed by atoms with Crippen molar-refractivity contribution in [2.45, 2.75) is 78.1 Å². The van der Waals surface area contributed by atoms with E-state index in [0.29, 0.717) is 0 Å². The van der Waals surface area contributed by atoms with Crippen LogP contribution in [0.15, 0.2) is 0 Å². The van der Waals surface area contributed by atoms with Crippen LogP contribution in [0, 0.1) is 0 Å². The van der Waals surface area contributed by atoms with E-state index in [1.165, 1.54) is 51.4 Å². The zero-order valence-electron chi connectivity index (χ0n) is 11.1. The molecule has 0 amide bonds. The molecule has 0 aromatic carbocycles. The summed E-state index contributed by atoms with van der Waals surface area (Å²) in [5.74, 6) is 0. The van der Waals surface area contributed by atoms with Gasteiger partial charge in [-0.3, -0.25) is 0 Å². The summed E-state index contributed by atoms with van der Waals surface area (Å²) in [6.45, 7) is 5.13. The average molecular weight is 244 g/mol. The highest BCUT2D eigenvalue weighted by atomic mass is 32.1. The van der Waals surface area contributed by atoms with Gasteiger partial charge in [-0.1, -0.05) is 65.2 Å². The van der Waals surface area contributed by atoms with Gasteiger partial charge in [0.25, 0.3) is 0 Å². The number of unbranched alkanes of at least 4 members (excludes halogenated alkanes) is 8. The summed E-state index contributed by atoms with van der Waals surface area (Å²) in [6.07, 6.45) is 13.1. The predicted octanol–water partition coefficient (Wildman–Crippen LogP) is 5.27. The lowest BCUT2D eigenvalue weighted by atomic mass is 10.1. The lowest BCUT2D eigenvalue weighted by molar-refractivity contribution is 0.293. The average Bonchev–Trinajstić information content (AvgIpc) is 2.31. The molecule has 0 aliphatic rings. The molecule has 0 fully saturated rings. The van der Waals surface area contributed by atoms with E-state index in [1.54, 1.807) is 0 Å². The van der Waals surface area contributed by atoms with Crippen LogP contribution in [0.2, 0.25) is 0 Å². The van der Waals surface area contributed by atoms with Gasteiger partial charge in [0.1, 0.15) is 0 Å². The van der Waals surface area contributed by atoms with Crippen LogP contribution in [-0.4, -0.2) is 11.7 Å². The Morgan fingerprint density at radius 3 is 1.81 bits per heavy atom. The molecule has 0 saturated heterocycles. The fraction of sp³-hybridized carbons (Fsp3) is 0.929. The van der Waals surface area contributed by atoms with Crippen molar-refractivity contribution >= 4 is 17.3 Å². The van der Waals surface area contributed by atoms with Gasteiger partial charge in [0.15, 0.2) is 5.05 Å². The first-order valence-electron chi connectivity index (χ1n) is 6.96. The van der Waals surface area contributed by atoms with Crippen LogP contribution >= 0.6 is 12.2 Å². The van der Waals surface area contributed by atoms with Crippen molar-refractivity contribution in [2.24, 2.45) is 0 Å². The van der Waals surface area contributed by atoms with E-state index in [0.717, 1.165) is 24.5 Å². The molecule has 0 aromatic rings. The summed E-state index contributed by atoms with van der Waals surface area (Å²) in [5.41, 5.74) is 0. The maximum atomic E-state index is 5.38. The molecular formula is C14H28OS. The molecule has 0 aromatic heterocycles. The normalized spacial score (nSPS) is 10.4. The van der Waals surface area contributed by atoms with E-state index in [2.05, 4.69) is 6.92 Å². The van der Waals surface area contributed by atoms with Gasteiger partial charge in [-0.15, -0.1) is 0 Å². The minimum Gasteiger partial charge on any atom is -0.487 e. The Bertz CT molecular complexity index is 157. The van der Waals surface area contributed by atoms with Gasteiger partial charge in [0.2, 0.25) is 0 Å². The summed E-state index contributed by atoms with van der Waals surface area (Å²) in [4.78, 5) is 0. The molecule has 0 unspecified atom stereocenters. The van der Waals surface area contributed by atoms with Crippen LogP contribution < -0.4 is 0 Å². The molecule has 0 aliphatic heterocycles. The van der Waals surface area contributed by atoms with Crippen LogP contribution in [0.5, 0.6) is 0 Å². The predicted molar refractivity (Wildman–Crippen MR) is 76.1 cm³/mol. The quantitative estimate of drug-likeness (QED) is 0.361. The third-order valence-electron chi connectivity index (χ3n) is 2.80. The van der Waals surface area contributed by atoms with E-state index in [9.17, 15) is 0 Å². The lowest BCUT2D eigenvalue weighted by Crippen LogP contribution is -2.01. The number of hydrogen-bond acceptors (Lipinski definition) is 2. The molecule has 0 N–H and O–H groups in total. The van der Waals surface area contributed by atoms with E-state index < -0.39 is 0 Å². The van der Waals surface area contributed by atoms with E-state index in [1.807, 2.05) is 6.92 Å². The second kappa shape index (κ2) is 13.0. The second-order valence-electron chi connectivity index (χ2n) is 4.40. The molecular weight excluding hydrogens is 216 g/mol. The molecule has 0 spiro atoms. The Labute approximate surface area is 107 Å². The van der Waals surface area contributed by atoms with Gasteiger partial charge in [0.05, 0.1) is 6.61 Å². The van der Waals surface area contributed by atoms with Gasteiger partial charge < -0.3 is 4.74 Å². The monoisotopic (exact) mass is 244 g/mol. The van der Waals surface area contributed by atoms with E-state index in [4.69, 9.17) is 17.0 Å². The third kappa shape index (κ3) is 12.0. The first-order chi connectivity index (χ1) is 7.81. The Balaban J connectivity index is 2.96. The van der Waals surface area contributed by atoms with Gasteiger partial charge in [-0.2, -0.15) is 0 Å². The molecule has 0 saturated carbocycles. The topological polar surface area (TPSA) is 9.23 Å². The van der Waals surface area contributed by atoms with Crippen molar-refractivity contribution in [1.82, 2.24) is 0 Å². The minimum absolute atomic E-state index is 0.763. The van der Waals surface area contributed by atoms with Crippen LogP contribution in [0.25, 0.3) is 0 Å². The number of ether oxygens (including phenoxy) is 1. The molecule has 2 heteroatoms.